The van der Waals surface area contributed by atoms with E-state index < -0.39 is 0 Å². The molecule has 1 fully saturated rings. The van der Waals surface area contributed by atoms with E-state index in [-0.39, 0.29) is 24.3 Å². The molecule has 0 aliphatic carbocycles. The topological polar surface area (TPSA) is 71.8 Å². The molecule has 1 amide bonds. The molecule has 0 saturated carbocycles. The Bertz CT molecular complexity index is 994. The molecule has 3 aromatic rings. The lowest BCUT2D eigenvalue weighted by atomic mass is 10.0. The Balaban J connectivity index is 1.28. The van der Waals surface area contributed by atoms with Crippen molar-refractivity contribution in [3.63, 3.8) is 0 Å². The van der Waals surface area contributed by atoms with E-state index >= 15 is 0 Å². The molecule has 0 bridgehead atoms. The van der Waals surface area contributed by atoms with Gasteiger partial charge in [0.05, 0.1) is 12.3 Å². The number of amides is 1. The fraction of sp³-hybridized carbons (Fsp3) is 0.308. The first-order valence-corrected chi connectivity index (χ1v) is 11.1. The minimum Gasteiger partial charge on any atom is -0.484 e. The number of piperidine rings is 1. The average molecular weight is 433 g/mol. The van der Waals surface area contributed by atoms with Crippen LogP contribution >= 0.6 is 0 Å². The molecule has 1 aromatic heterocycles. The van der Waals surface area contributed by atoms with Crippen molar-refractivity contribution in [2.45, 2.75) is 25.3 Å². The minimum atomic E-state index is -0.192. The highest BCUT2D eigenvalue weighted by molar-refractivity contribution is 6.08. The van der Waals surface area contributed by atoms with Crippen LogP contribution in [0.5, 0.6) is 5.75 Å². The minimum absolute atomic E-state index is 0.0255. The molecule has 2 aromatic carbocycles. The van der Waals surface area contributed by atoms with Gasteiger partial charge < -0.3 is 14.5 Å². The molecule has 1 atom stereocenters. The standard InChI is InChI=1S/C26H28N2O4/c29-25(27-18-23(24-10-7-17-31-24)28-15-5-2-6-16-28)19-32-22-13-11-21(12-14-22)26(30)20-8-3-1-4-9-20/h1,3-4,7-14,17,23H,2,5-6,15-16,18-19H2,(H,27,29)/t23-/m1/s1. The van der Waals surface area contributed by atoms with Crippen molar-refractivity contribution in [2.75, 3.05) is 26.2 Å². The number of ketones is 1. The first-order valence-electron chi connectivity index (χ1n) is 11.1. The zero-order valence-corrected chi connectivity index (χ0v) is 18.0. The van der Waals surface area contributed by atoms with Gasteiger partial charge in [-0.25, -0.2) is 0 Å². The van der Waals surface area contributed by atoms with Crippen LogP contribution in [-0.2, 0) is 4.79 Å². The molecule has 0 spiro atoms. The van der Waals surface area contributed by atoms with Crippen molar-refractivity contribution in [2.24, 2.45) is 0 Å². The molecule has 6 nitrogen and oxygen atoms in total. The van der Waals surface area contributed by atoms with Gasteiger partial charge in [0, 0.05) is 17.7 Å². The third-order valence-corrected chi connectivity index (χ3v) is 5.72. The second-order valence-electron chi connectivity index (χ2n) is 7.94. The lowest BCUT2D eigenvalue weighted by Gasteiger charge is -2.33. The monoisotopic (exact) mass is 432 g/mol. The van der Waals surface area contributed by atoms with E-state index in [1.54, 1.807) is 42.7 Å². The van der Waals surface area contributed by atoms with E-state index in [1.165, 1.54) is 6.42 Å². The van der Waals surface area contributed by atoms with E-state index in [1.807, 2.05) is 30.3 Å². The quantitative estimate of drug-likeness (QED) is 0.512. The molecule has 166 valence electrons. The Kier molecular flexibility index (Phi) is 7.35. The molecule has 32 heavy (non-hydrogen) atoms. The predicted molar refractivity (Wildman–Crippen MR) is 122 cm³/mol. The first-order chi connectivity index (χ1) is 15.7. The van der Waals surface area contributed by atoms with E-state index in [0.29, 0.717) is 23.4 Å². The molecular weight excluding hydrogens is 404 g/mol. The number of furan rings is 1. The number of hydrogen-bond donors (Lipinski definition) is 1. The molecule has 4 rings (SSSR count). The van der Waals surface area contributed by atoms with E-state index in [4.69, 9.17) is 9.15 Å². The van der Waals surface area contributed by atoms with Crippen LogP contribution in [0.1, 0.15) is 47.0 Å². The van der Waals surface area contributed by atoms with Gasteiger partial charge in [0.1, 0.15) is 11.5 Å². The molecule has 1 aliphatic heterocycles. The van der Waals surface area contributed by atoms with Crippen LogP contribution in [0.25, 0.3) is 0 Å². The van der Waals surface area contributed by atoms with Gasteiger partial charge in [0.2, 0.25) is 0 Å². The van der Waals surface area contributed by atoms with Gasteiger partial charge in [0.25, 0.3) is 5.91 Å². The highest BCUT2D eigenvalue weighted by Gasteiger charge is 2.25. The van der Waals surface area contributed by atoms with Crippen molar-refractivity contribution >= 4 is 11.7 Å². The van der Waals surface area contributed by atoms with Crippen LogP contribution in [0, 0.1) is 0 Å². The summed E-state index contributed by atoms with van der Waals surface area (Å²) >= 11 is 0. The second kappa shape index (κ2) is 10.8. The average Bonchev–Trinajstić information content (AvgIpc) is 3.39. The maximum Gasteiger partial charge on any atom is 0.258 e. The summed E-state index contributed by atoms with van der Waals surface area (Å²) in [6.45, 7) is 2.40. The number of rotatable bonds is 9. The molecule has 1 saturated heterocycles. The Morgan fingerprint density at radius 3 is 2.31 bits per heavy atom. The smallest absolute Gasteiger partial charge is 0.258 e. The highest BCUT2D eigenvalue weighted by atomic mass is 16.5. The van der Waals surface area contributed by atoms with Crippen LogP contribution in [0.2, 0.25) is 0 Å². The van der Waals surface area contributed by atoms with Crippen LogP contribution in [-0.4, -0.2) is 42.8 Å². The largest absolute Gasteiger partial charge is 0.484 e. The maximum absolute atomic E-state index is 12.5. The summed E-state index contributed by atoms with van der Waals surface area (Å²) in [5.41, 5.74) is 1.22. The summed E-state index contributed by atoms with van der Waals surface area (Å²) < 4.78 is 11.2. The summed E-state index contributed by atoms with van der Waals surface area (Å²) in [6, 6.07) is 19.8. The number of benzene rings is 2. The SMILES string of the molecule is O=C(COc1ccc(C(=O)c2ccccc2)cc1)NC[C@H](c1ccco1)N1CCCCC1. The molecular formula is C26H28N2O4. The summed E-state index contributed by atoms with van der Waals surface area (Å²) in [5.74, 6) is 1.18. The van der Waals surface area contributed by atoms with Crippen LogP contribution in [0.3, 0.4) is 0 Å². The number of ether oxygens (including phenoxy) is 1. The van der Waals surface area contributed by atoms with Crippen molar-refractivity contribution in [3.05, 3.63) is 89.9 Å². The number of carbonyl (C=O) groups is 2. The molecule has 0 unspecified atom stereocenters. The zero-order valence-electron chi connectivity index (χ0n) is 18.0. The summed E-state index contributed by atoms with van der Waals surface area (Å²) in [5, 5.41) is 2.97. The summed E-state index contributed by atoms with van der Waals surface area (Å²) in [4.78, 5) is 27.2. The third kappa shape index (κ3) is 5.65. The first kappa shape index (κ1) is 21.8. The van der Waals surface area contributed by atoms with E-state index in [2.05, 4.69) is 10.2 Å². The van der Waals surface area contributed by atoms with Gasteiger partial charge in [-0.15, -0.1) is 0 Å². The summed E-state index contributed by atoms with van der Waals surface area (Å²) in [6.07, 6.45) is 5.24. The van der Waals surface area contributed by atoms with Crippen LogP contribution in [0.4, 0.5) is 0 Å². The molecule has 1 N–H and O–H groups in total. The Hall–Kier alpha value is -3.38. The number of hydrogen-bond acceptors (Lipinski definition) is 5. The van der Waals surface area contributed by atoms with Gasteiger partial charge in [-0.1, -0.05) is 36.8 Å². The molecule has 6 heteroatoms. The van der Waals surface area contributed by atoms with Gasteiger partial charge in [0.15, 0.2) is 12.4 Å². The highest BCUT2D eigenvalue weighted by Crippen LogP contribution is 2.24. The fourth-order valence-corrected chi connectivity index (χ4v) is 3.99. The van der Waals surface area contributed by atoms with Crippen molar-refractivity contribution in [1.29, 1.82) is 0 Å². The van der Waals surface area contributed by atoms with Crippen molar-refractivity contribution in [3.8, 4) is 5.75 Å². The van der Waals surface area contributed by atoms with Crippen molar-refractivity contribution < 1.29 is 18.7 Å². The zero-order chi connectivity index (χ0) is 22.2. The lowest BCUT2D eigenvalue weighted by molar-refractivity contribution is -0.123. The maximum atomic E-state index is 12.5. The number of nitrogens with zero attached hydrogens (tertiary/aromatic N) is 1. The van der Waals surface area contributed by atoms with E-state index in [0.717, 1.165) is 31.7 Å². The predicted octanol–water partition coefficient (Wildman–Crippen LogP) is 4.23. The third-order valence-electron chi connectivity index (χ3n) is 5.72. The fourth-order valence-electron chi connectivity index (χ4n) is 3.99. The number of nitrogens with one attached hydrogen (secondary N) is 1. The normalized spacial score (nSPS) is 15.1. The Morgan fingerprint density at radius 1 is 0.906 bits per heavy atom. The van der Waals surface area contributed by atoms with Crippen LogP contribution < -0.4 is 10.1 Å². The number of carbonyl (C=O) groups excluding carboxylic acids is 2. The number of likely N-dealkylation sites (tertiary alicyclic amines) is 1. The molecule has 1 aliphatic rings. The summed E-state index contributed by atoms with van der Waals surface area (Å²) in [7, 11) is 0. The lowest BCUT2D eigenvalue weighted by Crippen LogP contribution is -2.41. The van der Waals surface area contributed by atoms with Gasteiger partial charge in [-0.2, -0.15) is 0 Å². The van der Waals surface area contributed by atoms with Gasteiger partial charge in [-0.3, -0.25) is 14.5 Å². The Labute approximate surface area is 188 Å². The Morgan fingerprint density at radius 2 is 1.62 bits per heavy atom. The van der Waals surface area contributed by atoms with Gasteiger partial charge in [-0.05, 0) is 62.3 Å². The second-order valence-corrected chi connectivity index (χ2v) is 7.94. The van der Waals surface area contributed by atoms with Crippen LogP contribution in [0.15, 0.2) is 77.4 Å². The molecule has 2 heterocycles. The molecule has 0 radical (unpaired) electrons. The van der Waals surface area contributed by atoms with Crippen molar-refractivity contribution in [1.82, 2.24) is 10.2 Å². The van der Waals surface area contributed by atoms with E-state index in [9.17, 15) is 9.59 Å². The van der Waals surface area contributed by atoms with Gasteiger partial charge >= 0.3 is 0 Å².